The van der Waals surface area contributed by atoms with E-state index in [1.807, 2.05) is 25.2 Å². The van der Waals surface area contributed by atoms with Crippen molar-refractivity contribution < 1.29 is 5.11 Å². The molecule has 1 rings (SSSR count). The van der Waals surface area contributed by atoms with E-state index in [1.165, 1.54) is 0 Å². The van der Waals surface area contributed by atoms with Gasteiger partial charge >= 0.3 is 0 Å². The largest absolute Gasteiger partial charge is 0.503 e. The molecule has 1 heterocycles. The average molecular weight is 283 g/mol. The Morgan fingerprint density at radius 1 is 1.28 bits per heavy atom. The molecule has 0 aliphatic heterocycles. The quantitative estimate of drug-likeness (QED) is 0.512. The first-order chi connectivity index (χ1) is 8.58. The predicted octanol–water partition coefficient (Wildman–Crippen LogP) is 4.19. The Balaban J connectivity index is 3.10. The van der Waals surface area contributed by atoms with Crippen molar-refractivity contribution in [1.82, 2.24) is 9.97 Å². The van der Waals surface area contributed by atoms with Gasteiger partial charge in [0.2, 0.25) is 5.28 Å². The minimum Gasteiger partial charge on any atom is -0.503 e. The molecule has 0 saturated heterocycles. The number of halogens is 2. The monoisotopic (exact) mass is 282 g/mol. The maximum absolute atomic E-state index is 9.67. The van der Waals surface area contributed by atoms with Crippen LogP contribution in [-0.2, 0) is 0 Å². The third-order valence-electron chi connectivity index (χ3n) is 1.94. The first kappa shape index (κ1) is 14.5. The maximum Gasteiger partial charge on any atom is 0.224 e. The normalized spacial score (nSPS) is 12.5. The number of aromatic hydroxyl groups is 1. The zero-order valence-electron chi connectivity index (χ0n) is 9.77. The van der Waals surface area contributed by atoms with Gasteiger partial charge in [0.05, 0.1) is 0 Å². The van der Waals surface area contributed by atoms with Crippen LogP contribution in [0.15, 0.2) is 42.5 Å². The summed E-state index contributed by atoms with van der Waals surface area (Å²) in [6.07, 6.45) is 10.6. The highest BCUT2D eigenvalue weighted by Crippen LogP contribution is 2.26. The molecular weight excluding hydrogens is 271 g/mol. The minimum absolute atomic E-state index is 0.0160. The Labute approximate surface area is 116 Å². The molecule has 1 N–H and O–H groups in total. The van der Waals surface area contributed by atoms with Crippen LogP contribution in [0.25, 0.3) is 6.08 Å². The van der Waals surface area contributed by atoms with Crippen LogP contribution in [0.5, 0.6) is 5.75 Å². The van der Waals surface area contributed by atoms with E-state index in [1.54, 1.807) is 18.2 Å². The summed E-state index contributed by atoms with van der Waals surface area (Å²) in [6, 6.07) is 0. The van der Waals surface area contributed by atoms with Crippen LogP contribution in [0.1, 0.15) is 12.6 Å². The van der Waals surface area contributed by atoms with Crippen molar-refractivity contribution in [3.63, 3.8) is 0 Å². The zero-order chi connectivity index (χ0) is 13.5. The fourth-order valence-electron chi connectivity index (χ4n) is 1.20. The van der Waals surface area contributed by atoms with Crippen LogP contribution in [0.4, 0.5) is 0 Å². The molecule has 18 heavy (non-hydrogen) atoms. The van der Waals surface area contributed by atoms with E-state index in [-0.39, 0.29) is 21.9 Å². The Kier molecular flexibility index (Phi) is 5.62. The highest BCUT2D eigenvalue weighted by Gasteiger charge is 2.08. The number of hydrogen-bond acceptors (Lipinski definition) is 3. The number of nitrogens with zero attached hydrogens (tertiary/aromatic N) is 2. The van der Waals surface area contributed by atoms with E-state index in [9.17, 15) is 5.11 Å². The van der Waals surface area contributed by atoms with E-state index < -0.39 is 0 Å². The van der Waals surface area contributed by atoms with E-state index in [4.69, 9.17) is 23.2 Å². The van der Waals surface area contributed by atoms with Crippen molar-refractivity contribution in [1.29, 1.82) is 0 Å². The van der Waals surface area contributed by atoms with Gasteiger partial charge in [0.15, 0.2) is 10.9 Å². The lowest BCUT2D eigenvalue weighted by atomic mass is 10.2. The van der Waals surface area contributed by atoms with E-state index >= 15 is 0 Å². The fourth-order valence-corrected chi connectivity index (χ4v) is 1.60. The summed E-state index contributed by atoms with van der Waals surface area (Å²) in [7, 11) is 0. The second-order valence-electron chi connectivity index (χ2n) is 3.25. The molecule has 0 aliphatic carbocycles. The van der Waals surface area contributed by atoms with E-state index in [2.05, 4.69) is 16.5 Å². The highest BCUT2D eigenvalue weighted by molar-refractivity contribution is 6.32. The molecular formula is C13H12Cl2N2O. The first-order valence-corrected chi connectivity index (χ1v) is 5.89. The van der Waals surface area contributed by atoms with Crippen molar-refractivity contribution in [3.8, 4) is 5.75 Å². The van der Waals surface area contributed by atoms with Crippen molar-refractivity contribution in [2.75, 3.05) is 0 Å². The highest BCUT2D eigenvalue weighted by atomic mass is 35.5. The van der Waals surface area contributed by atoms with Gasteiger partial charge in [-0.15, -0.1) is 0 Å². The maximum atomic E-state index is 9.67. The third-order valence-corrected chi connectivity index (χ3v) is 2.38. The second-order valence-corrected chi connectivity index (χ2v) is 3.95. The molecule has 0 aromatic carbocycles. The summed E-state index contributed by atoms with van der Waals surface area (Å²) in [4.78, 5) is 7.51. The number of allylic oxidation sites excluding steroid dienone is 6. The lowest BCUT2D eigenvalue weighted by Gasteiger charge is -2.00. The zero-order valence-corrected chi connectivity index (χ0v) is 11.3. The van der Waals surface area contributed by atoms with Crippen molar-refractivity contribution >= 4 is 29.3 Å². The van der Waals surface area contributed by atoms with Gasteiger partial charge in [-0.05, 0) is 30.2 Å². The third kappa shape index (κ3) is 4.02. The molecule has 0 fully saturated rings. The smallest absolute Gasteiger partial charge is 0.224 e. The van der Waals surface area contributed by atoms with E-state index in [0.29, 0.717) is 0 Å². The van der Waals surface area contributed by atoms with Crippen LogP contribution >= 0.6 is 23.2 Å². The van der Waals surface area contributed by atoms with Crippen LogP contribution in [0.3, 0.4) is 0 Å². The molecule has 0 bridgehead atoms. The molecule has 3 nitrogen and oxygen atoms in total. The van der Waals surface area contributed by atoms with E-state index in [0.717, 1.165) is 5.57 Å². The molecule has 0 radical (unpaired) electrons. The van der Waals surface area contributed by atoms with Gasteiger partial charge in [0, 0.05) is 0 Å². The summed E-state index contributed by atoms with van der Waals surface area (Å²) < 4.78 is 0. The second kappa shape index (κ2) is 6.99. The molecule has 0 spiro atoms. The Morgan fingerprint density at radius 2 is 2.00 bits per heavy atom. The van der Waals surface area contributed by atoms with Crippen LogP contribution in [0.2, 0.25) is 10.4 Å². The SMILES string of the molecule is C=C/C=C(\C=C/C)/C=C/c1nc(Cl)nc(Cl)c1O. The number of hydrogen-bond donors (Lipinski definition) is 1. The molecule has 5 heteroatoms. The summed E-state index contributed by atoms with van der Waals surface area (Å²) in [5.74, 6) is -0.198. The molecule has 94 valence electrons. The van der Waals surface area contributed by atoms with Gasteiger partial charge in [-0.25, -0.2) is 9.97 Å². The van der Waals surface area contributed by atoms with Gasteiger partial charge in [-0.3, -0.25) is 0 Å². The average Bonchev–Trinajstić information content (AvgIpc) is 2.32. The minimum atomic E-state index is -0.198. The van der Waals surface area contributed by atoms with Gasteiger partial charge in [-0.1, -0.05) is 48.6 Å². The summed E-state index contributed by atoms with van der Waals surface area (Å²) in [5.41, 5.74) is 1.16. The lowest BCUT2D eigenvalue weighted by Crippen LogP contribution is -1.89. The van der Waals surface area contributed by atoms with Crippen molar-refractivity contribution in [2.24, 2.45) is 0 Å². The Morgan fingerprint density at radius 3 is 2.61 bits per heavy atom. The predicted molar refractivity (Wildman–Crippen MR) is 75.8 cm³/mol. The molecule has 1 aromatic heterocycles. The van der Waals surface area contributed by atoms with Crippen LogP contribution in [-0.4, -0.2) is 15.1 Å². The number of rotatable bonds is 4. The van der Waals surface area contributed by atoms with Crippen LogP contribution in [0, 0.1) is 0 Å². The molecule has 0 amide bonds. The van der Waals surface area contributed by atoms with Crippen LogP contribution < -0.4 is 0 Å². The topological polar surface area (TPSA) is 46.0 Å². The first-order valence-electron chi connectivity index (χ1n) is 5.14. The van der Waals surface area contributed by atoms with Gasteiger partial charge in [0.1, 0.15) is 5.69 Å². The lowest BCUT2D eigenvalue weighted by molar-refractivity contribution is 0.468. The molecule has 0 saturated carbocycles. The molecule has 0 atom stereocenters. The Hall–Kier alpha value is -1.58. The molecule has 1 aromatic rings. The molecule has 0 aliphatic rings. The van der Waals surface area contributed by atoms with Crippen molar-refractivity contribution in [2.45, 2.75) is 6.92 Å². The van der Waals surface area contributed by atoms with Gasteiger partial charge < -0.3 is 5.11 Å². The summed E-state index contributed by atoms with van der Waals surface area (Å²) in [5, 5.41) is 9.58. The fraction of sp³-hybridized carbons (Fsp3) is 0.0769. The Bertz CT molecular complexity index is 534. The standard InChI is InChI=1S/C13H12Cl2N2O/c1-3-5-9(6-4-2)7-8-10-11(18)12(14)17-13(15)16-10/h3-8,18H,1H2,2H3/b6-4-,8-7+,9-5+. The van der Waals surface area contributed by atoms with Gasteiger partial charge in [0.25, 0.3) is 0 Å². The summed E-state index contributed by atoms with van der Waals surface area (Å²) >= 11 is 11.4. The molecule has 0 unspecified atom stereocenters. The van der Waals surface area contributed by atoms with Gasteiger partial charge in [-0.2, -0.15) is 0 Å². The van der Waals surface area contributed by atoms with Crippen molar-refractivity contribution in [3.05, 3.63) is 58.7 Å². The summed E-state index contributed by atoms with van der Waals surface area (Å²) in [6.45, 7) is 5.53. The number of aromatic nitrogens is 2.